The summed E-state index contributed by atoms with van der Waals surface area (Å²) in [4.78, 5) is 14.5. The number of fused-ring (bicyclic) bond motifs is 1. The zero-order chi connectivity index (χ0) is 13.2. The first-order valence-electron chi connectivity index (χ1n) is 6.44. The number of halogens is 1. The van der Waals surface area contributed by atoms with E-state index in [1.807, 2.05) is 35.2 Å². The summed E-state index contributed by atoms with van der Waals surface area (Å²) in [5.41, 5.74) is 0.738. The highest BCUT2D eigenvalue weighted by molar-refractivity contribution is 6.36. The van der Waals surface area contributed by atoms with E-state index < -0.39 is 0 Å². The molecule has 1 aliphatic heterocycles. The van der Waals surface area contributed by atoms with E-state index in [0.29, 0.717) is 5.02 Å². The van der Waals surface area contributed by atoms with E-state index >= 15 is 0 Å². The van der Waals surface area contributed by atoms with Gasteiger partial charge < -0.3 is 10.2 Å². The molecule has 98 valence electrons. The molecule has 19 heavy (non-hydrogen) atoms. The molecular weight excluding hydrogens is 260 g/mol. The van der Waals surface area contributed by atoms with Crippen LogP contribution in [-0.2, 0) is 0 Å². The number of benzene rings is 2. The zero-order valence-corrected chi connectivity index (χ0v) is 11.3. The van der Waals surface area contributed by atoms with E-state index in [2.05, 4.69) is 5.32 Å². The molecule has 3 nitrogen and oxygen atoms in total. The van der Waals surface area contributed by atoms with Crippen LogP contribution in [0.2, 0.25) is 5.02 Å². The quantitative estimate of drug-likeness (QED) is 0.867. The van der Waals surface area contributed by atoms with Crippen molar-refractivity contribution in [2.45, 2.75) is 0 Å². The molecule has 1 N–H and O–H groups in total. The molecule has 2 aromatic carbocycles. The molecule has 0 aliphatic carbocycles. The van der Waals surface area contributed by atoms with Crippen molar-refractivity contribution < 1.29 is 4.79 Å². The van der Waals surface area contributed by atoms with E-state index in [-0.39, 0.29) is 5.91 Å². The fourth-order valence-electron chi connectivity index (χ4n) is 2.49. The molecule has 1 saturated heterocycles. The van der Waals surface area contributed by atoms with Crippen LogP contribution in [0.15, 0.2) is 36.4 Å². The average molecular weight is 275 g/mol. The van der Waals surface area contributed by atoms with Gasteiger partial charge in [-0.2, -0.15) is 0 Å². The van der Waals surface area contributed by atoms with Gasteiger partial charge in [-0.15, -0.1) is 0 Å². The van der Waals surface area contributed by atoms with Crippen molar-refractivity contribution in [1.82, 2.24) is 10.2 Å². The van der Waals surface area contributed by atoms with Crippen LogP contribution in [0.25, 0.3) is 10.8 Å². The van der Waals surface area contributed by atoms with Crippen molar-refractivity contribution in [2.24, 2.45) is 0 Å². The second-order valence-electron chi connectivity index (χ2n) is 4.68. The number of nitrogens with zero attached hydrogens (tertiary/aromatic N) is 1. The van der Waals surface area contributed by atoms with Crippen molar-refractivity contribution in [3.05, 3.63) is 47.0 Å². The van der Waals surface area contributed by atoms with E-state index in [9.17, 15) is 4.79 Å². The minimum Gasteiger partial charge on any atom is -0.336 e. The van der Waals surface area contributed by atoms with Gasteiger partial charge in [0.1, 0.15) is 0 Å². The maximum atomic E-state index is 12.6. The zero-order valence-electron chi connectivity index (χ0n) is 10.5. The van der Waals surface area contributed by atoms with Crippen molar-refractivity contribution in [1.29, 1.82) is 0 Å². The number of hydrogen-bond acceptors (Lipinski definition) is 2. The molecule has 0 unspecified atom stereocenters. The van der Waals surface area contributed by atoms with E-state index in [1.165, 1.54) is 0 Å². The van der Waals surface area contributed by atoms with Gasteiger partial charge in [-0.3, -0.25) is 4.79 Å². The predicted molar refractivity (Wildman–Crippen MR) is 77.7 cm³/mol. The maximum absolute atomic E-state index is 12.6. The van der Waals surface area contributed by atoms with Crippen molar-refractivity contribution >= 4 is 28.3 Å². The highest BCUT2D eigenvalue weighted by Gasteiger charge is 2.20. The summed E-state index contributed by atoms with van der Waals surface area (Å²) in [5.74, 6) is 0.0920. The lowest BCUT2D eigenvalue weighted by Gasteiger charge is -2.28. The maximum Gasteiger partial charge on any atom is 0.254 e. The molecule has 0 saturated carbocycles. The second-order valence-corrected chi connectivity index (χ2v) is 5.09. The summed E-state index contributed by atoms with van der Waals surface area (Å²) in [7, 11) is 0. The Kier molecular flexibility index (Phi) is 3.40. The van der Waals surface area contributed by atoms with Crippen LogP contribution >= 0.6 is 11.6 Å². The Morgan fingerprint density at radius 1 is 1.05 bits per heavy atom. The third-order valence-corrected chi connectivity index (χ3v) is 3.84. The number of amides is 1. The first-order chi connectivity index (χ1) is 9.27. The van der Waals surface area contributed by atoms with Gasteiger partial charge in [0, 0.05) is 42.2 Å². The van der Waals surface area contributed by atoms with Gasteiger partial charge in [-0.25, -0.2) is 0 Å². The first-order valence-corrected chi connectivity index (χ1v) is 6.82. The van der Waals surface area contributed by atoms with Crippen LogP contribution in [0.4, 0.5) is 0 Å². The van der Waals surface area contributed by atoms with Crippen LogP contribution in [-0.4, -0.2) is 37.0 Å². The fourth-order valence-corrected chi connectivity index (χ4v) is 2.71. The summed E-state index contributed by atoms with van der Waals surface area (Å²) in [6.45, 7) is 3.24. The lowest BCUT2D eigenvalue weighted by atomic mass is 10.0. The number of carbonyl (C=O) groups excluding carboxylic acids is 1. The smallest absolute Gasteiger partial charge is 0.254 e. The van der Waals surface area contributed by atoms with Gasteiger partial charge in [0.05, 0.1) is 0 Å². The van der Waals surface area contributed by atoms with Crippen LogP contribution in [0.5, 0.6) is 0 Å². The lowest BCUT2D eigenvalue weighted by molar-refractivity contribution is 0.0738. The molecule has 1 fully saturated rings. The number of carbonyl (C=O) groups is 1. The summed E-state index contributed by atoms with van der Waals surface area (Å²) in [5, 5.41) is 5.80. The molecular formula is C15H15ClN2O. The average Bonchev–Trinajstić information content (AvgIpc) is 2.48. The number of piperazine rings is 1. The minimum atomic E-state index is 0.0920. The number of nitrogens with one attached hydrogen (secondary N) is 1. The van der Waals surface area contributed by atoms with Crippen LogP contribution < -0.4 is 5.32 Å². The van der Waals surface area contributed by atoms with E-state index in [0.717, 1.165) is 42.5 Å². The first kappa shape index (κ1) is 12.5. The molecule has 2 aromatic rings. The molecule has 0 spiro atoms. The van der Waals surface area contributed by atoms with Gasteiger partial charge >= 0.3 is 0 Å². The second kappa shape index (κ2) is 5.19. The van der Waals surface area contributed by atoms with Crippen molar-refractivity contribution in [2.75, 3.05) is 26.2 Å². The minimum absolute atomic E-state index is 0.0920. The standard InChI is InChI=1S/C15H15ClN2O/c16-14-6-5-13(11-3-1-2-4-12(11)14)15(19)18-9-7-17-8-10-18/h1-6,17H,7-10H2. The van der Waals surface area contributed by atoms with Gasteiger partial charge in [-0.05, 0) is 17.5 Å². The Morgan fingerprint density at radius 2 is 1.74 bits per heavy atom. The molecule has 0 aromatic heterocycles. The fraction of sp³-hybridized carbons (Fsp3) is 0.267. The highest BCUT2D eigenvalue weighted by Crippen LogP contribution is 2.27. The predicted octanol–water partition coefficient (Wildman–Crippen LogP) is 2.54. The molecule has 0 radical (unpaired) electrons. The van der Waals surface area contributed by atoms with Crippen LogP contribution in [0, 0.1) is 0 Å². The van der Waals surface area contributed by atoms with Crippen LogP contribution in [0.1, 0.15) is 10.4 Å². The third-order valence-electron chi connectivity index (χ3n) is 3.51. The Bertz CT molecular complexity index is 621. The largest absolute Gasteiger partial charge is 0.336 e. The summed E-state index contributed by atoms with van der Waals surface area (Å²) in [6, 6.07) is 11.4. The molecule has 1 heterocycles. The topological polar surface area (TPSA) is 32.3 Å². The van der Waals surface area contributed by atoms with Gasteiger partial charge in [0.25, 0.3) is 5.91 Å². The van der Waals surface area contributed by atoms with E-state index in [1.54, 1.807) is 6.07 Å². The normalized spacial score (nSPS) is 15.7. The Morgan fingerprint density at radius 3 is 2.47 bits per heavy atom. The molecule has 0 bridgehead atoms. The molecule has 1 amide bonds. The molecule has 4 heteroatoms. The summed E-state index contributed by atoms with van der Waals surface area (Å²) < 4.78 is 0. The number of rotatable bonds is 1. The van der Waals surface area contributed by atoms with Crippen molar-refractivity contribution in [3.63, 3.8) is 0 Å². The van der Waals surface area contributed by atoms with Crippen LogP contribution in [0.3, 0.4) is 0 Å². The molecule has 1 aliphatic rings. The van der Waals surface area contributed by atoms with Crippen molar-refractivity contribution in [3.8, 4) is 0 Å². The van der Waals surface area contributed by atoms with Gasteiger partial charge in [0.15, 0.2) is 0 Å². The van der Waals surface area contributed by atoms with Gasteiger partial charge in [0.2, 0.25) is 0 Å². The lowest BCUT2D eigenvalue weighted by Crippen LogP contribution is -2.46. The number of hydrogen-bond donors (Lipinski definition) is 1. The Hall–Kier alpha value is -1.58. The van der Waals surface area contributed by atoms with E-state index in [4.69, 9.17) is 11.6 Å². The molecule has 0 atom stereocenters. The SMILES string of the molecule is O=C(c1ccc(Cl)c2ccccc12)N1CCNCC1. The summed E-state index contributed by atoms with van der Waals surface area (Å²) in [6.07, 6.45) is 0. The summed E-state index contributed by atoms with van der Waals surface area (Å²) >= 11 is 6.18. The Balaban J connectivity index is 2.05. The monoisotopic (exact) mass is 274 g/mol. The van der Waals surface area contributed by atoms with Gasteiger partial charge in [-0.1, -0.05) is 35.9 Å². The molecule has 3 rings (SSSR count). The highest BCUT2D eigenvalue weighted by atomic mass is 35.5. The Labute approximate surface area is 117 Å². The third kappa shape index (κ3) is 2.31.